The average Bonchev–Trinajstić information content (AvgIpc) is 2.63. The number of methoxy groups -OCH3 is 1. The highest BCUT2D eigenvalue weighted by molar-refractivity contribution is 5.33. The van der Waals surface area contributed by atoms with Crippen LogP contribution in [0, 0.1) is 5.92 Å². The molecule has 126 valence electrons. The van der Waals surface area contributed by atoms with Gasteiger partial charge in [-0.05, 0) is 62.3 Å². The molecule has 0 amide bonds. The first-order valence-corrected chi connectivity index (χ1v) is 8.90. The molecular formula is C20H29NO2. The van der Waals surface area contributed by atoms with Crippen molar-refractivity contribution in [2.75, 3.05) is 33.4 Å². The fraction of sp³-hybridized carbons (Fsp3) is 0.600. The maximum absolute atomic E-state index is 5.63. The molecule has 1 unspecified atom stereocenters. The summed E-state index contributed by atoms with van der Waals surface area (Å²) in [6.45, 7) is 3.89. The SMILES string of the molecule is COc1ccc(C2(CNCC3CC=CCC3)CCOCC2)cc1. The van der Waals surface area contributed by atoms with Crippen LogP contribution < -0.4 is 10.1 Å². The third-order valence-corrected chi connectivity index (χ3v) is 5.43. The Morgan fingerprint density at radius 1 is 1.17 bits per heavy atom. The minimum atomic E-state index is 0.203. The Kier molecular flexibility index (Phi) is 5.74. The maximum Gasteiger partial charge on any atom is 0.118 e. The number of allylic oxidation sites excluding steroid dienone is 2. The standard InChI is InChI=1S/C20H29NO2/c1-22-19-9-7-18(8-10-19)20(11-13-23-14-12-20)16-21-15-17-5-3-2-4-6-17/h2-3,7-10,17,21H,4-6,11-16H2,1H3. The number of nitrogens with one attached hydrogen (secondary N) is 1. The van der Waals surface area contributed by atoms with Gasteiger partial charge >= 0.3 is 0 Å². The fourth-order valence-corrected chi connectivity index (χ4v) is 3.83. The first-order chi connectivity index (χ1) is 11.3. The van der Waals surface area contributed by atoms with E-state index in [9.17, 15) is 0 Å². The van der Waals surface area contributed by atoms with Crippen LogP contribution in [-0.4, -0.2) is 33.4 Å². The molecule has 0 aromatic heterocycles. The second-order valence-corrected chi connectivity index (χ2v) is 6.90. The molecule has 1 aliphatic carbocycles. The van der Waals surface area contributed by atoms with Crippen LogP contribution in [0.1, 0.15) is 37.7 Å². The third-order valence-electron chi connectivity index (χ3n) is 5.43. The van der Waals surface area contributed by atoms with Gasteiger partial charge in [0.05, 0.1) is 7.11 Å². The van der Waals surface area contributed by atoms with E-state index in [0.717, 1.165) is 50.8 Å². The van der Waals surface area contributed by atoms with Crippen LogP contribution in [-0.2, 0) is 10.2 Å². The Morgan fingerprint density at radius 3 is 2.61 bits per heavy atom. The Labute approximate surface area is 140 Å². The number of ether oxygens (including phenoxy) is 2. The normalized spacial score (nSPS) is 23.6. The fourth-order valence-electron chi connectivity index (χ4n) is 3.83. The van der Waals surface area contributed by atoms with E-state index in [1.807, 2.05) is 0 Å². The number of rotatable bonds is 6. The monoisotopic (exact) mass is 315 g/mol. The van der Waals surface area contributed by atoms with Crippen LogP contribution in [0.15, 0.2) is 36.4 Å². The second kappa shape index (κ2) is 7.98. The highest BCUT2D eigenvalue weighted by atomic mass is 16.5. The Hall–Kier alpha value is -1.32. The van der Waals surface area contributed by atoms with Crippen molar-refractivity contribution in [2.45, 2.75) is 37.5 Å². The van der Waals surface area contributed by atoms with E-state index in [0.29, 0.717) is 0 Å². The Bertz CT molecular complexity index is 503. The first kappa shape index (κ1) is 16.5. The maximum atomic E-state index is 5.63. The van der Waals surface area contributed by atoms with Crippen molar-refractivity contribution in [1.29, 1.82) is 0 Å². The molecule has 1 aliphatic heterocycles. The molecule has 3 nitrogen and oxygen atoms in total. The van der Waals surface area contributed by atoms with Gasteiger partial charge in [0.2, 0.25) is 0 Å². The van der Waals surface area contributed by atoms with Crippen molar-refractivity contribution in [3.05, 3.63) is 42.0 Å². The molecule has 2 aliphatic rings. The lowest BCUT2D eigenvalue weighted by atomic mass is 9.74. The summed E-state index contributed by atoms with van der Waals surface area (Å²) in [5.41, 5.74) is 1.62. The number of benzene rings is 1. The van der Waals surface area contributed by atoms with Gasteiger partial charge < -0.3 is 14.8 Å². The summed E-state index contributed by atoms with van der Waals surface area (Å²) in [4.78, 5) is 0. The molecule has 0 bridgehead atoms. The zero-order valence-electron chi connectivity index (χ0n) is 14.2. The summed E-state index contributed by atoms with van der Waals surface area (Å²) < 4.78 is 10.9. The van der Waals surface area contributed by atoms with E-state index in [1.165, 1.54) is 24.8 Å². The van der Waals surface area contributed by atoms with Gasteiger partial charge in [0.25, 0.3) is 0 Å². The molecule has 1 heterocycles. The van der Waals surface area contributed by atoms with Gasteiger partial charge in [-0.3, -0.25) is 0 Å². The summed E-state index contributed by atoms with van der Waals surface area (Å²) in [5, 5.41) is 3.77. The molecule has 0 spiro atoms. The lowest BCUT2D eigenvalue weighted by molar-refractivity contribution is 0.0495. The van der Waals surface area contributed by atoms with E-state index in [2.05, 4.69) is 41.7 Å². The Balaban J connectivity index is 1.64. The van der Waals surface area contributed by atoms with E-state index < -0.39 is 0 Å². The molecule has 0 saturated carbocycles. The molecule has 1 aromatic rings. The molecule has 1 aromatic carbocycles. The van der Waals surface area contributed by atoms with Crippen LogP contribution in [0.25, 0.3) is 0 Å². The topological polar surface area (TPSA) is 30.5 Å². The highest BCUT2D eigenvalue weighted by Gasteiger charge is 2.34. The minimum Gasteiger partial charge on any atom is -0.497 e. The van der Waals surface area contributed by atoms with Crippen molar-refractivity contribution in [1.82, 2.24) is 5.32 Å². The van der Waals surface area contributed by atoms with Crippen LogP contribution in [0.3, 0.4) is 0 Å². The molecule has 0 radical (unpaired) electrons. The molecule has 1 N–H and O–H groups in total. The van der Waals surface area contributed by atoms with Gasteiger partial charge in [0.1, 0.15) is 5.75 Å². The van der Waals surface area contributed by atoms with E-state index >= 15 is 0 Å². The molecule has 1 saturated heterocycles. The van der Waals surface area contributed by atoms with Gasteiger partial charge in [-0.25, -0.2) is 0 Å². The van der Waals surface area contributed by atoms with Crippen molar-refractivity contribution in [2.24, 2.45) is 5.92 Å². The van der Waals surface area contributed by atoms with Crippen LogP contribution in [0.2, 0.25) is 0 Å². The van der Waals surface area contributed by atoms with Crippen LogP contribution in [0.5, 0.6) is 5.75 Å². The molecule has 3 rings (SSSR count). The predicted octanol–water partition coefficient (Wildman–Crippen LogP) is 3.69. The van der Waals surface area contributed by atoms with Crippen molar-refractivity contribution in [3.63, 3.8) is 0 Å². The number of hydrogen-bond donors (Lipinski definition) is 1. The van der Waals surface area contributed by atoms with Gasteiger partial charge in [-0.2, -0.15) is 0 Å². The van der Waals surface area contributed by atoms with Crippen LogP contribution >= 0.6 is 0 Å². The van der Waals surface area contributed by atoms with Gasteiger partial charge in [-0.1, -0.05) is 24.3 Å². The molecule has 3 heteroatoms. The second-order valence-electron chi connectivity index (χ2n) is 6.90. The lowest BCUT2D eigenvalue weighted by Gasteiger charge is -2.38. The molecule has 1 fully saturated rings. The average molecular weight is 315 g/mol. The summed E-state index contributed by atoms with van der Waals surface area (Å²) in [6.07, 6.45) is 10.6. The predicted molar refractivity (Wildman–Crippen MR) is 94.1 cm³/mol. The summed E-state index contributed by atoms with van der Waals surface area (Å²) in [7, 11) is 1.72. The zero-order valence-corrected chi connectivity index (χ0v) is 14.2. The van der Waals surface area contributed by atoms with Gasteiger partial charge in [0, 0.05) is 25.2 Å². The summed E-state index contributed by atoms with van der Waals surface area (Å²) in [6, 6.07) is 8.63. The Morgan fingerprint density at radius 2 is 1.96 bits per heavy atom. The first-order valence-electron chi connectivity index (χ1n) is 8.90. The van der Waals surface area contributed by atoms with E-state index in [1.54, 1.807) is 7.11 Å². The van der Waals surface area contributed by atoms with Crippen molar-refractivity contribution < 1.29 is 9.47 Å². The number of hydrogen-bond acceptors (Lipinski definition) is 3. The molecule has 23 heavy (non-hydrogen) atoms. The van der Waals surface area contributed by atoms with Gasteiger partial charge in [-0.15, -0.1) is 0 Å². The third kappa shape index (κ3) is 4.15. The zero-order chi connectivity index (χ0) is 16.0. The largest absolute Gasteiger partial charge is 0.497 e. The minimum absolute atomic E-state index is 0.203. The van der Waals surface area contributed by atoms with Crippen molar-refractivity contribution in [3.8, 4) is 5.75 Å². The smallest absolute Gasteiger partial charge is 0.118 e. The quantitative estimate of drug-likeness (QED) is 0.812. The van der Waals surface area contributed by atoms with Crippen LogP contribution in [0.4, 0.5) is 0 Å². The van der Waals surface area contributed by atoms with E-state index in [4.69, 9.17) is 9.47 Å². The van der Waals surface area contributed by atoms with E-state index in [-0.39, 0.29) is 5.41 Å². The van der Waals surface area contributed by atoms with Gasteiger partial charge in [0.15, 0.2) is 0 Å². The highest BCUT2D eigenvalue weighted by Crippen LogP contribution is 2.35. The summed E-state index contributed by atoms with van der Waals surface area (Å²) >= 11 is 0. The molecule has 1 atom stereocenters. The van der Waals surface area contributed by atoms with Crippen molar-refractivity contribution >= 4 is 0 Å². The molecular weight excluding hydrogens is 286 g/mol. The lowest BCUT2D eigenvalue weighted by Crippen LogP contribution is -2.44. The summed E-state index contributed by atoms with van der Waals surface area (Å²) in [5.74, 6) is 1.73.